The molecule has 0 spiro atoms. The number of halogens is 1. The highest BCUT2D eigenvalue weighted by Gasteiger charge is 2.25. The Labute approximate surface area is 126 Å². The van der Waals surface area contributed by atoms with E-state index in [1.165, 1.54) is 11.1 Å². The van der Waals surface area contributed by atoms with Crippen LogP contribution in [0, 0.1) is 0 Å². The molecule has 0 bridgehead atoms. The average Bonchev–Trinajstić information content (AvgIpc) is 2.42. The Morgan fingerprint density at radius 2 is 2.10 bits per heavy atom. The summed E-state index contributed by atoms with van der Waals surface area (Å²) in [6, 6.07) is 13.6. The predicted octanol–water partition coefficient (Wildman–Crippen LogP) is 3.10. The number of hydrogen-bond donors (Lipinski definition) is 2. The van der Waals surface area contributed by atoms with Crippen molar-refractivity contribution in [3.05, 3.63) is 63.6 Å². The lowest BCUT2D eigenvalue weighted by atomic mass is 9.77. The molecule has 1 unspecified atom stereocenters. The van der Waals surface area contributed by atoms with Gasteiger partial charge in [0.1, 0.15) is 0 Å². The van der Waals surface area contributed by atoms with Gasteiger partial charge in [0.25, 0.3) is 5.91 Å². The molecule has 102 valence electrons. The van der Waals surface area contributed by atoms with Crippen LogP contribution in [0.3, 0.4) is 0 Å². The second-order valence-electron chi connectivity index (χ2n) is 5.05. The molecule has 1 amide bonds. The van der Waals surface area contributed by atoms with E-state index in [2.05, 4.69) is 39.4 Å². The number of benzene rings is 2. The molecule has 0 saturated carbocycles. The van der Waals surface area contributed by atoms with E-state index in [4.69, 9.17) is 5.73 Å². The van der Waals surface area contributed by atoms with Crippen LogP contribution in [0.15, 0.2) is 46.9 Å². The summed E-state index contributed by atoms with van der Waals surface area (Å²) in [5.74, 6) is 0.337. The standard InChI is InChI=1S/C16H15BrN2O/c17-15-6-5-12(18)8-14(15)16(20)19-9-11-7-10-3-1-2-4-13(10)11/h1-6,8,11H,7,9,18H2,(H,19,20). The Hall–Kier alpha value is -1.81. The Morgan fingerprint density at radius 3 is 2.90 bits per heavy atom. The topological polar surface area (TPSA) is 55.1 Å². The predicted molar refractivity (Wildman–Crippen MR) is 83.8 cm³/mol. The summed E-state index contributed by atoms with van der Waals surface area (Å²) < 4.78 is 0.762. The first-order chi connectivity index (χ1) is 9.65. The molecule has 3 nitrogen and oxygen atoms in total. The van der Waals surface area contributed by atoms with Crippen molar-refractivity contribution in [1.29, 1.82) is 0 Å². The van der Waals surface area contributed by atoms with Crippen molar-refractivity contribution in [2.24, 2.45) is 0 Å². The van der Waals surface area contributed by atoms with Crippen LogP contribution in [0.5, 0.6) is 0 Å². The number of anilines is 1. The molecule has 0 fully saturated rings. The van der Waals surface area contributed by atoms with E-state index in [0.717, 1.165) is 10.9 Å². The van der Waals surface area contributed by atoms with Crippen LogP contribution in [0.25, 0.3) is 0 Å². The monoisotopic (exact) mass is 330 g/mol. The third-order valence-corrected chi connectivity index (χ3v) is 4.40. The molecule has 20 heavy (non-hydrogen) atoms. The average molecular weight is 331 g/mol. The summed E-state index contributed by atoms with van der Waals surface area (Å²) in [4.78, 5) is 12.2. The molecule has 2 aromatic carbocycles. The van der Waals surface area contributed by atoms with E-state index >= 15 is 0 Å². The van der Waals surface area contributed by atoms with Crippen molar-refractivity contribution >= 4 is 27.5 Å². The van der Waals surface area contributed by atoms with Gasteiger partial charge in [0.15, 0.2) is 0 Å². The van der Waals surface area contributed by atoms with Crippen LogP contribution in [-0.2, 0) is 6.42 Å². The lowest BCUT2D eigenvalue weighted by molar-refractivity contribution is 0.0949. The number of nitrogens with one attached hydrogen (secondary N) is 1. The molecule has 2 aromatic rings. The van der Waals surface area contributed by atoms with Gasteiger partial charge in [0.2, 0.25) is 0 Å². The number of hydrogen-bond acceptors (Lipinski definition) is 2. The SMILES string of the molecule is Nc1ccc(Br)c(C(=O)NCC2Cc3ccccc32)c1. The zero-order valence-electron chi connectivity index (χ0n) is 10.9. The van der Waals surface area contributed by atoms with Gasteiger partial charge < -0.3 is 11.1 Å². The smallest absolute Gasteiger partial charge is 0.252 e. The van der Waals surface area contributed by atoms with Gasteiger partial charge in [-0.2, -0.15) is 0 Å². The van der Waals surface area contributed by atoms with Gasteiger partial charge in [-0.1, -0.05) is 24.3 Å². The minimum absolute atomic E-state index is 0.0893. The third-order valence-electron chi connectivity index (χ3n) is 3.71. The van der Waals surface area contributed by atoms with Crippen LogP contribution in [-0.4, -0.2) is 12.5 Å². The normalized spacial score (nSPS) is 16.1. The molecular formula is C16H15BrN2O. The lowest BCUT2D eigenvalue weighted by Gasteiger charge is -2.30. The zero-order valence-corrected chi connectivity index (χ0v) is 12.5. The maximum atomic E-state index is 12.2. The number of nitrogen functional groups attached to an aromatic ring is 1. The summed E-state index contributed by atoms with van der Waals surface area (Å²) in [7, 11) is 0. The Bertz CT molecular complexity index is 669. The molecule has 0 aromatic heterocycles. The van der Waals surface area contributed by atoms with Crippen molar-refractivity contribution in [2.45, 2.75) is 12.3 Å². The fourth-order valence-electron chi connectivity index (χ4n) is 2.57. The Kier molecular flexibility index (Phi) is 3.49. The number of fused-ring (bicyclic) bond motifs is 1. The molecular weight excluding hydrogens is 316 g/mol. The first-order valence-corrected chi connectivity index (χ1v) is 7.35. The van der Waals surface area contributed by atoms with Crippen LogP contribution in [0.4, 0.5) is 5.69 Å². The highest BCUT2D eigenvalue weighted by molar-refractivity contribution is 9.10. The molecule has 1 atom stereocenters. The molecule has 3 rings (SSSR count). The number of nitrogens with two attached hydrogens (primary N) is 1. The largest absolute Gasteiger partial charge is 0.399 e. The van der Waals surface area contributed by atoms with Gasteiger partial charge in [-0.3, -0.25) is 4.79 Å². The number of amides is 1. The minimum Gasteiger partial charge on any atom is -0.399 e. The fourth-order valence-corrected chi connectivity index (χ4v) is 3.00. The molecule has 0 radical (unpaired) electrons. The van der Waals surface area contributed by atoms with E-state index < -0.39 is 0 Å². The van der Waals surface area contributed by atoms with E-state index in [9.17, 15) is 4.79 Å². The quantitative estimate of drug-likeness (QED) is 0.849. The van der Waals surface area contributed by atoms with Gasteiger partial charge in [-0.15, -0.1) is 0 Å². The summed E-state index contributed by atoms with van der Waals surface area (Å²) in [6.45, 7) is 0.664. The van der Waals surface area contributed by atoms with E-state index in [0.29, 0.717) is 23.7 Å². The zero-order chi connectivity index (χ0) is 14.1. The van der Waals surface area contributed by atoms with Crippen LogP contribution < -0.4 is 11.1 Å². The van der Waals surface area contributed by atoms with Gasteiger partial charge in [0.05, 0.1) is 5.56 Å². The number of rotatable bonds is 3. The van der Waals surface area contributed by atoms with Crippen molar-refractivity contribution in [2.75, 3.05) is 12.3 Å². The number of carbonyl (C=O) groups excluding carboxylic acids is 1. The van der Waals surface area contributed by atoms with Crippen molar-refractivity contribution in [3.63, 3.8) is 0 Å². The van der Waals surface area contributed by atoms with E-state index in [1.807, 2.05) is 6.07 Å². The van der Waals surface area contributed by atoms with Crippen LogP contribution >= 0.6 is 15.9 Å². The molecule has 0 heterocycles. The summed E-state index contributed by atoms with van der Waals surface area (Å²) in [5.41, 5.74) is 9.62. The molecule has 1 aliphatic rings. The second-order valence-corrected chi connectivity index (χ2v) is 5.90. The van der Waals surface area contributed by atoms with Crippen LogP contribution in [0.2, 0.25) is 0 Å². The number of carbonyl (C=O) groups is 1. The Balaban J connectivity index is 1.65. The van der Waals surface area contributed by atoms with E-state index in [-0.39, 0.29) is 5.91 Å². The first-order valence-electron chi connectivity index (χ1n) is 6.56. The highest BCUT2D eigenvalue weighted by Crippen LogP contribution is 2.34. The molecule has 4 heteroatoms. The van der Waals surface area contributed by atoms with Crippen molar-refractivity contribution in [1.82, 2.24) is 5.32 Å². The minimum atomic E-state index is -0.0893. The highest BCUT2D eigenvalue weighted by atomic mass is 79.9. The van der Waals surface area contributed by atoms with Gasteiger partial charge in [-0.25, -0.2) is 0 Å². The van der Waals surface area contributed by atoms with Crippen LogP contribution in [0.1, 0.15) is 27.4 Å². The molecule has 0 saturated heterocycles. The lowest BCUT2D eigenvalue weighted by Crippen LogP contribution is -2.33. The van der Waals surface area contributed by atoms with Crippen molar-refractivity contribution < 1.29 is 4.79 Å². The summed E-state index contributed by atoms with van der Waals surface area (Å²) in [6.07, 6.45) is 1.04. The molecule has 0 aliphatic heterocycles. The van der Waals surface area contributed by atoms with Gasteiger partial charge in [0, 0.05) is 22.6 Å². The maximum absolute atomic E-state index is 12.2. The summed E-state index contributed by atoms with van der Waals surface area (Å²) >= 11 is 3.38. The van der Waals surface area contributed by atoms with Gasteiger partial charge >= 0.3 is 0 Å². The Morgan fingerprint density at radius 1 is 1.30 bits per heavy atom. The maximum Gasteiger partial charge on any atom is 0.252 e. The fraction of sp³-hybridized carbons (Fsp3) is 0.188. The van der Waals surface area contributed by atoms with Gasteiger partial charge in [-0.05, 0) is 51.7 Å². The third kappa shape index (κ3) is 2.43. The molecule has 1 aliphatic carbocycles. The van der Waals surface area contributed by atoms with Crippen molar-refractivity contribution in [3.8, 4) is 0 Å². The second kappa shape index (κ2) is 5.29. The summed E-state index contributed by atoms with van der Waals surface area (Å²) in [5, 5.41) is 2.99. The van der Waals surface area contributed by atoms with E-state index in [1.54, 1.807) is 18.2 Å². The first kappa shape index (κ1) is 13.2. The molecule has 3 N–H and O–H groups in total.